The number of fused-ring (bicyclic) bond motifs is 1. The zero-order valence-electron chi connectivity index (χ0n) is 25.6. The van der Waals surface area contributed by atoms with E-state index in [4.69, 9.17) is 4.11 Å². The van der Waals surface area contributed by atoms with Crippen molar-refractivity contribution < 1.29 is 30.9 Å². The summed E-state index contributed by atoms with van der Waals surface area (Å²) in [5.41, 5.74) is -0.865. The van der Waals surface area contributed by atoms with E-state index in [9.17, 15) is 31.6 Å². The first kappa shape index (κ1) is 25.7. The Bertz CT molecular complexity index is 2060. The molecule has 2 aromatic carbocycles. The number of nitrogens with zero attached hydrogens (tertiary/aromatic N) is 5. The van der Waals surface area contributed by atoms with E-state index in [-0.39, 0.29) is 17.3 Å². The summed E-state index contributed by atoms with van der Waals surface area (Å²) in [6, 6.07) is 7.79. The quantitative estimate of drug-likeness (QED) is 0.316. The number of allylic oxidation sites excluding steroid dienone is 1. The molecule has 0 bridgehead atoms. The van der Waals surface area contributed by atoms with E-state index in [0.29, 0.717) is 65.2 Å². The number of carbonyl (C=O) groups is 2. The van der Waals surface area contributed by atoms with Crippen molar-refractivity contribution in [1.82, 2.24) is 19.4 Å². The molecule has 222 valence electrons. The highest BCUT2D eigenvalue weighted by Gasteiger charge is 2.24. The van der Waals surface area contributed by atoms with Gasteiger partial charge in [0, 0.05) is 66.6 Å². The number of anilines is 2. The van der Waals surface area contributed by atoms with Crippen LogP contribution in [0.25, 0.3) is 22.0 Å². The van der Waals surface area contributed by atoms with Gasteiger partial charge < -0.3 is 14.4 Å². The summed E-state index contributed by atoms with van der Waals surface area (Å²) >= 11 is 0. The summed E-state index contributed by atoms with van der Waals surface area (Å²) in [6.45, 7) is -0.141. The molecule has 1 fully saturated rings. The lowest BCUT2D eigenvalue weighted by Crippen LogP contribution is -2.48. The molecule has 4 aromatic rings. The zero-order chi connectivity index (χ0) is 33.4. The largest absolute Gasteiger partial charge is 0.352 e. The number of carbonyl (C=O) groups excluding carboxylic acids is 2. The van der Waals surface area contributed by atoms with Crippen molar-refractivity contribution in [3.05, 3.63) is 89.1 Å². The molecule has 1 aliphatic rings. The van der Waals surface area contributed by atoms with E-state index < -0.39 is 44.8 Å². The number of piperazine rings is 1. The van der Waals surface area contributed by atoms with Crippen LogP contribution in [-0.4, -0.2) is 65.7 Å². The van der Waals surface area contributed by atoms with Gasteiger partial charge in [0.1, 0.15) is 34.4 Å². The fraction of sp³-hybridized carbons (Fsp3) is 0.207. The fourth-order valence-corrected chi connectivity index (χ4v) is 5.72. The molecular formula is C29H26F2N6O5S. The zero-order valence-corrected chi connectivity index (χ0v) is 23.4. The van der Waals surface area contributed by atoms with Gasteiger partial charge in [-0.1, -0.05) is 6.07 Å². The molecule has 0 saturated carbocycles. The van der Waals surface area contributed by atoms with Crippen molar-refractivity contribution >= 4 is 44.1 Å². The molecule has 0 radical (unpaired) electrons. The highest BCUT2D eigenvalue weighted by molar-refractivity contribution is 7.92. The molecule has 14 heteroatoms. The Labute approximate surface area is 249 Å². The van der Waals surface area contributed by atoms with Crippen LogP contribution in [0.5, 0.6) is 0 Å². The highest BCUT2D eigenvalue weighted by Crippen LogP contribution is 2.30. The van der Waals surface area contributed by atoms with E-state index in [1.54, 1.807) is 23.1 Å². The van der Waals surface area contributed by atoms with Gasteiger partial charge in [-0.15, -0.1) is 0 Å². The maximum atomic E-state index is 14.3. The lowest BCUT2D eigenvalue weighted by Gasteiger charge is -2.35. The summed E-state index contributed by atoms with van der Waals surface area (Å²) in [5.74, 6) is -2.42. The van der Waals surface area contributed by atoms with Crippen LogP contribution in [0.1, 0.15) is 11.0 Å². The molecule has 1 amide bonds. The van der Waals surface area contributed by atoms with Crippen molar-refractivity contribution in [2.24, 2.45) is 6.98 Å². The van der Waals surface area contributed by atoms with Crippen LogP contribution in [0, 0.1) is 11.6 Å². The number of halogens is 2. The highest BCUT2D eigenvalue weighted by atomic mass is 32.2. The molecule has 0 unspecified atom stereocenters. The third-order valence-corrected chi connectivity index (χ3v) is 8.14. The fourth-order valence-electron chi connectivity index (χ4n) is 4.61. The first-order valence-electron chi connectivity index (χ1n) is 14.4. The summed E-state index contributed by atoms with van der Waals surface area (Å²) in [6.07, 6.45) is 4.87. The second kappa shape index (κ2) is 11.7. The maximum Gasteiger partial charge on any atom is 0.274 e. The topological polar surface area (TPSA) is 135 Å². The van der Waals surface area contributed by atoms with Crippen LogP contribution < -0.4 is 15.2 Å². The van der Waals surface area contributed by atoms with Crippen molar-refractivity contribution in [2.75, 3.05) is 35.8 Å². The Kier molecular flexibility index (Phi) is 7.01. The first-order valence-corrected chi connectivity index (χ1v) is 14.3. The van der Waals surface area contributed by atoms with Gasteiger partial charge in [0.05, 0.1) is 5.52 Å². The average Bonchev–Trinajstić information content (AvgIpc) is 2.99. The molecule has 11 nitrogen and oxygen atoms in total. The van der Waals surface area contributed by atoms with E-state index in [0.717, 1.165) is 18.3 Å². The molecule has 5 rings (SSSR count). The van der Waals surface area contributed by atoms with Gasteiger partial charge in [-0.2, -0.15) is 0 Å². The molecule has 1 aliphatic heterocycles. The molecule has 1 saturated heterocycles. The molecular weight excluding hydrogens is 582 g/mol. The number of nitrogens with one attached hydrogen (secondary N) is 1. The molecule has 3 heterocycles. The number of sulfonamides is 1. The van der Waals surface area contributed by atoms with E-state index in [1.807, 2.05) is 9.62 Å². The predicted molar refractivity (Wildman–Crippen MR) is 156 cm³/mol. The summed E-state index contributed by atoms with van der Waals surface area (Å²) < 4.78 is 79.6. The normalized spacial score (nSPS) is 15.3. The Morgan fingerprint density at radius 3 is 2.47 bits per heavy atom. The van der Waals surface area contributed by atoms with Crippen LogP contribution in [-0.2, 0) is 26.6 Å². The van der Waals surface area contributed by atoms with Crippen molar-refractivity contribution in [3.63, 3.8) is 0 Å². The maximum absolute atomic E-state index is 14.3. The van der Waals surface area contributed by atoms with Crippen molar-refractivity contribution in [2.45, 2.75) is 11.8 Å². The van der Waals surface area contributed by atoms with Crippen LogP contribution in [0.4, 0.5) is 20.3 Å². The molecule has 2 aromatic heterocycles. The van der Waals surface area contributed by atoms with Crippen molar-refractivity contribution in [3.8, 4) is 11.1 Å². The van der Waals surface area contributed by atoms with Gasteiger partial charge in [-0.05, 0) is 48.9 Å². The molecule has 43 heavy (non-hydrogen) atoms. The van der Waals surface area contributed by atoms with E-state index in [1.165, 1.54) is 25.4 Å². The Balaban J connectivity index is 1.52. The van der Waals surface area contributed by atoms with E-state index >= 15 is 0 Å². The van der Waals surface area contributed by atoms with Crippen LogP contribution >= 0.6 is 0 Å². The number of aromatic nitrogens is 3. The number of aryl methyl sites for hydroxylation is 1. The minimum atomic E-state index is -4.78. The number of ketones is 1. The van der Waals surface area contributed by atoms with Crippen LogP contribution in [0.15, 0.2) is 76.8 Å². The predicted octanol–water partition coefficient (Wildman–Crippen LogP) is 2.87. The second-order valence-electron chi connectivity index (χ2n) is 9.68. The SMILES string of the molecule is [2H]C([2H])([2H])n1cc(-c2ccc3ncnc(N4CCN(C(=O)/C=C/C(C)=O)CC4)c3c2)cc(NS(=O)(=O)c2ccc(F)cc2F)c1=O. The number of amides is 1. The third-order valence-electron chi connectivity index (χ3n) is 6.74. The summed E-state index contributed by atoms with van der Waals surface area (Å²) in [5, 5.41) is 0.554. The van der Waals surface area contributed by atoms with Crippen molar-refractivity contribution in [1.29, 1.82) is 0 Å². The Hall–Kier alpha value is -4.98. The van der Waals surface area contributed by atoms with Gasteiger partial charge >= 0.3 is 0 Å². The molecule has 0 spiro atoms. The number of rotatable bonds is 7. The minimum Gasteiger partial charge on any atom is -0.352 e. The van der Waals surface area contributed by atoms with Gasteiger partial charge in [-0.25, -0.2) is 27.2 Å². The lowest BCUT2D eigenvalue weighted by molar-refractivity contribution is -0.126. The first-order chi connectivity index (χ1) is 21.6. The van der Waals surface area contributed by atoms with E-state index in [2.05, 4.69) is 9.97 Å². The van der Waals surface area contributed by atoms with Gasteiger partial charge in [0.15, 0.2) is 5.78 Å². The smallest absolute Gasteiger partial charge is 0.274 e. The third kappa shape index (κ3) is 6.28. The lowest BCUT2D eigenvalue weighted by atomic mass is 10.0. The summed E-state index contributed by atoms with van der Waals surface area (Å²) in [4.78, 5) is 48.0. The monoisotopic (exact) mass is 611 g/mol. The standard InChI is InChI=1S/C29H26F2N6O5S/c1-18(38)3-8-27(39)36-9-11-37(12-10-36)28-22-13-19(4-6-24(22)32-17-33-28)20-14-25(29(40)35(2)16-20)34-43(41,42)26-7-5-21(30)15-23(26)31/h3-8,13-17,34H,9-12H2,1-2H3/b8-3+/i2D3. The Morgan fingerprint density at radius 1 is 1.00 bits per heavy atom. The van der Waals surface area contributed by atoms with Crippen LogP contribution in [0.3, 0.4) is 0 Å². The minimum absolute atomic E-state index is 0.123. The van der Waals surface area contributed by atoms with Crippen LogP contribution in [0.2, 0.25) is 0 Å². The molecule has 0 atom stereocenters. The Morgan fingerprint density at radius 2 is 1.77 bits per heavy atom. The molecule has 1 N–H and O–H groups in total. The number of hydrogen-bond donors (Lipinski definition) is 1. The number of hydrogen-bond acceptors (Lipinski definition) is 8. The number of pyridine rings is 1. The van der Waals surface area contributed by atoms with Gasteiger partial charge in [0.25, 0.3) is 15.6 Å². The van der Waals surface area contributed by atoms with Gasteiger partial charge in [0.2, 0.25) is 5.91 Å². The number of benzene rings is 2. The summed E-state index contributed by atoms with van der Waals surface area (Å²) in [7, 11) is -4.78. The second-order valence-corrected chi connectivity index (χ2v) is 11.3. The molecule has 0 aliphatic carbocycles. The average molecular weight is 612 g/mol. The van der Waals surface area contributed by atoms with Gasteiger partial charge in [-0.3, -0.25) is 19.1 Å².